The van der Waals surface area contributed by atoms with Crippen molar-refractivity contribution in [2.75, 3.05) is 49.7 Å². The molecule has 33 heavy (non-hydrogen) atoms. The average molecular weight is 456 g/mol. The van der Waals surface area contributed by atoms with Gasteiger partial charge >= 0.3 is 6.09 Å². The topological polar surface area (TPSA) is 103 Å². The molecule has 4 rings (SSSR count). The summed E-state index contributed by atoms with van der Waals surface area (Å²) in [5.74, 6) is 0.420. The summed E-state index contributed by atoms with van der Waals surface area (Å²) in [7, 11) is 0. The quantitative estimate of drug-likeness (QED) is 0.531. The van der Waals surface area contributed by atoms with Gasteiger partial charge in [-0.05, 0) is 53.3 Å². The van der Waals surface area contributed by atoms with Gasteiger partial charge in [-0.2, -0.15) is 0 Å². The third-order valence-electron chi connectivity index (χ3n) is 6.39. The second-order valence-corrected chi connectivity index (χ2v) is 9.28. The third kappa shape index (κ3) is 5.40. The summed E-state index contributed by atoms with van der Waals surface area (Å²) in [6.45, 7) is 7.01. The van der Waals surface area contributed by atoms with Crippen LogP contribution in [0.4, 0.5) is 16.2 Å². The fourth-order valence-electron chi connectivity index (χ4n) is 4.54. The molecule has 0 bridgehead atoms. The van der Waals surface area contributed by atoms with Gasteiger partial charge < -0.3 is 35.2 Å². The lowest BCUT2D eigenvalue weighted by molar-refractivity contribution is 0.122. The van der Waals surface area contributed by atoms with Gasteiger partial charge in [-0.3, -0.25) is 0 Å². The summed E-state index contributed by atoms with van der Waals surface area (Å²) < 4.78 is 10.9. The molecule has 4 N–H and O–H groups in total. The molecule has 0 radical (unpaired) electrons. The van der Waals surface area contributed by atoms with E-state index in [1.807, 2.05) is 12.1 Å². The molecule has 2 aliphatic heterocycles. The van der Waals surface area contributed by atoms with E-state index in [-0.39, 0.29) is 24.7 Å². The van der Waals surface area contributed by atoms with Crippen molar-refractivity contribution < 1.29 is 24.5 Å². The standard InChI is InChI=1S/C25H33N3O5/c1-25(2)14-23(17-4-3-5-19(12-17)28-8-10-32-11-9-28)27-22-7-6-20(13-21(22)25)33-24(31)26-18(15-29)16-30/h3-7,12-13,18,23,27,29-30H,8-11,14-16H2,1-2H3,(H,26,31). The Bertz CT molecular complexity index is 970. The Morgan fingerprint density at radius 2 is 1.97 bits per heavy atom. The summed E-state index contributed by atoms with van der Waals surface area (Å²) in [5.41, 5.74) is 4.42. The van der Waals surface area contributed by atoms with Gasteiger partial charge in [-0.15, -0.1) is 0 Å². The SMILES string of the molecule is CC1(C)CC(c2cccc(N3CCOCC3)c2)Nc2ccc(OC(=O)NC(CO)CO)cc21. The smallest absolute Gasteiger partial charge is 0.410 e. The molecule has 0 spiro atoms. The molecule has 0 aromatic heterocycles. The number of benzene rings is 2. The maximum atomic E-state index is 12.1. The molecule has 2 aromatic rings. The number of morpholine rings is 1. The Balaban J connectivity index is 1.50. The van der Waals surface area contributed by atoms with Crippen LogP contribution in [0.3, 0.4) is 0 Å². The number of aliphatic hydroxyl groups is 2. The molecule has 1 atom stereocenters. The highest BCUT2D eigenvalue weighted by Gasteiger charge is 2.34. The lowest BCUT2D eigenvalue weighted by Gasteiger charge is -2.39. The van der Waals surface area contributed by atoms with Crippen LogP contribution in [0.5, 0.6) is 5.75 Å². The van der Waals surface area contributed by atoms with Gasteiger partial charge in [0.1, 0.15) is 5.75 Å². The normalized spacial score (nSPS) is 19.5. The van der Waals surface area contributed by atoms with E-state index >= 15 is 0 Å². The van der Waals surface area contributed by atoms with E-state index < -0.39 is 12.1 Å². The van der Waals surface area contributed by atoms with Gasteiger partial charge in [0, 0.05) is 24.5 Å². The number of ether oxygens (including phenoxy) is 2. The first-order valence-electron chi connectivity index (χ1n) is 11.4. The summed E-state index contributed by atoms with van der Waals surface area (Å²) in [6, 6.07) is 13.7. The van der Waals surface area contributed by atoms with E-state index in [2.05, 4.69) is 53.6 Å². The number of hydrogen-bond donors (Lipinski definition) is 4. The minimum Gasteiger partial charge on any atom is -0.410 e. The molecule has 2 aliphatic rings. The second-order valence-electron chi connectivity index (χ2n) is 9.28. The van der Waals surface area contributed by atoms with Crippen molar-refractivity contribution >= 4 is 17.5 Å². The van der Waals surface area contributed by atoms with Crippen LogP contribution in [-0.2, 0) is 10.2 Å². The number of carbonyl (C=O) groups is 1. The highest BCUT2D eigenvalue weighted by Crippen LogP contribution is 2.45. The van der Waals surface area contributed by atoms with Gasteiger partial charge in [0.05, 0.1) is 38.5 Å². The molecular weight excluding hydrogens is 422 g/mol. The zero-order valence-electron chi connectivity index (χ0n) is 19.2. The monoisotopic (exact) mass is 455 g/mol. The van der Waals surface area contributed by atoms with Crippen molar-refractivity contribution in [1.29, 1.82) is 0 Å². The van der Waals surface area contributed by atoms with Crippen LogP contribution in [0.25, 0.3) is 0 Å². The van der Waals surface area contributed by atoms with Crippen LogP contribution in [0.15, 0.2) is 42.5 Å². The largest absolute Gasteiger partial charge is 0.412 e. The molecule has 1 amide bonds. The molecule has 0 aliphatic carbocycles. The summed E-state index contributed by atoms with van der Waals surface area (Å²) in [5, 5.41) is 24.4. The second kappa shape index (κ2) is 9.99. The fourth-order valence-corrected chi connectivity index (χ4v) is 4.54. The van der Waals surface area contributed by atoms with Gasteiger partial charge in [0.25, 0.3) is 0 Å². The summed E-state index contributed by atoms with van der Waals surface area (Å²) in [6.07, 6.45) is 0.182. The lowest BCUT2D eigenvalue weighted by Crippen LogP contribution is -2.41. The van der Waals surface area contributed by atoms with Crippen LogP contribution in [0.2, 0.25) is 0 Å². The highest BCUT2D eigenvalue weighted by atomic mass is 16.6. The van der Waals surface area contributed by atoms with E-state index in [1.54, 1.807) is 6.07 Å². The first kappa shape index (κ1) is 23.4. The van der Waals surface area contributed by atoms with E-state index in [9.17, 15) is 4.79 Å². The van der Waals surface area contributed by atoms with Crippen LogP contribution in [-0.4, -0.2) is 61.9 Å². The minimum absolute atomic E-state index is 0.144. The van der Waals surface area contributed by atoms with E-state index in [4.69, 9.17) is 19.7 Å². The number of rotatable bonds is 6. The molecular formula is C25H33N3O5. The van der Waals surface area contributed by atoms with E-state index in [0.29, 0.717) is 5.75 Å². The predicted molar refractivity (Wildman–Crippen MR) is 127 cm³/mol. The number of anilines is 2. The van der Waals surface area contributed by atoms with Crippen LogP contribution in [0.1, 0.15) is 37.4 Å². The number of carbonyl (C=O) groups excluding carboxylic acids is 1. The van der Waals surface area contributed by atoms with Crippen LogP contribution >= 0.6 is 0 Å². The van der Waals surface area contributed by atoms with Crippen molar-refractivity contribution in [1.82, 2.24) is 5.32 Å². The Kier molecular flexibility index (Phi) is 7.07. The molecule has 2 heterocycles. The lowest BCUT2D eigenvalue weighted by atomic mass is 9.74. The molecule has 8 nitrogen and oxygen atoms in total. The molecule has 0 saturated carbocycles. The van der Waals surface area contributed by atoms with Crippen molar-refractivity contribution in [3.63, 3.8) is 0 Å². The number of fused-ring (bicyclic) bond motifs is 1. The van der Waals surface area contributed by atoms with E-state index in [1.165, 1.54) is 11.3 Å². The first-order chi connectivity index (χ1) is 15.9. The maximum absolute atomic E-state index is 12.1. The Morgan fingerprint density at radius 1 is 1.21 bits per heavy atom. The Hall–Kier alpha value is -2.81. The number of nitrogens with zero attached hydrogens (tertiary/aromatic N) is 1. The predicted octanol–water partition coefficient (Wildman–Crippen LogP) is 2.80. The Labute approximate surface area is 194 Å². The van der Waals surface area contributed by atoms with Crippen molar-refractivity contribution in [2.24, 2.45) is 0 Å². The fraction of sp³-hybridized carbons (Fsp3) is 0.480. The van der Waals surface area contributed by atoms with Crippen molar-refractivity contribution in [3.05, 3.63) is 53.6 Å². The number of aliphatic hydroxyl groups excluding tert-OH is 2. The molecule has 178 valence electrons. The van der Waals surface area contributed by atoms with Crippen LogP contribution < -0.4 is 20.3 Å². The molecule has 1 fully saturated rings. The molecule has 1 unspecified atom stereocenters. The van der Waals surface area contributed by atoms with Crippen molar-refractivity contribution in [3.8, 4) is 5.75 Å². The third-order valence-corrected chi connectivity index (χ3v) is 6.39. The Morgan fingerprint density at radius 3 is 2.70 bits per heavy atom. The zero-order chi connectivity index (χ0) is 23.4. The van der Waals surface area contributed by atoms with Gasteiger partial charge in [-0.1, -0.05) is 26.0 Å². The maximum Gasteiger partial charge on any atom is 0.412 e. The van der Waals surface area contributed by atoms with Gasteiger partial charge in [0.15, 0.2) is 0 Å². The number of nitrogens with one attached hydrogen (secondary N) is 2. The first-order valence-corrected chi connectivity index (χ1v) is 11.4. The number of hydrogen-bond acceptors (Lipinski definition) is 7. The van der Waals surface area contributed by atoms with Gasteiger partial charge in [0.2, 0.25) is 0 Å². The summed E-state index contributed by atoms with van der Waals surface area (Å²) in [4.78, 5) is 14.4. The van der Waals surface area contributed by atoms with Crippen molar-refractivity contribution in [2.45, 2.75) is 37.8 Å². The van der Waals surface area contributed by atoms with E-state index in [0.717, 1.165) is 44.0 Å². The molecule has 8 heteroatoms. The summed E-state index contributed by atoms with van der Waals surface area (Å²) >= 11 is 0. The van der Waals surface area contributed by atoms with Crippen LogP contribution in [0, 0.1) is 0 Å². The molecule has 1 saturated heterocycles. The zero-order valence-corrected chi connectivity index (χ0v) is 19.2. The molecule has 2 aromatic carbocycles. The highest BCUT2D eigenvalue weighted by molar-refractivity contribution is 5.72. The van der Waals surface area contributed by atoms with Gasteiger partial charge in [-0.25, -0.2) is 4.79 Å². The number of amides is 1. The minimum atomic E-state index is -0.748. The average Bonchev–Trinajstić information content (AvgIpc) is 2.83.